The minimum absolute atomic E-state index is 0.693. The molecule has 3 nitrogen and oxygen atoms in total. The molecular weight excluding hydrogens is 289 g/mol. The smallest absolute Gasteiger partial charge is 0.179 e. The second-order valence-corrected chi connectivity index (χ2v) is 8.63. The number of hydrogen-bond acceptors (Lipinski definition) is 4. The molecule has 1 heterocycles. The van der Waals surface area contributed by atoms with E-state index in [4.69, 9.17) is 21.2 Å². The van der Waals surface area contributed by atoms with E-state index in [-0.39, 0.29) is 0 Å². The van der Waals surface area contributed by atoms with Gasteiger partial charge in [-0.15, -0.1) is 0 Å². The summed E-state index contributed by atoms with van der Waals surface area (Å²) in [4.78, 5) is 0. The molecule has 5 heteroatoms. The van der Waals surface area contributed by atoms with Gasteiger partial charge in [-0.3, -0.25) is 0 Å². The van der Waals surface area contributed by atoms with E-state index in [1.54, 1.807) is 7.11 Å². The van der Waals surface area contributed by atoms with Crippen LogP contribution in [-0.2, 0) is 16.4 Å². The third-order valence-corrected chi connectivity index (χ3v) is 6.58. The summed E-state index contributed by atoms with van der Waals surface area (Å²) in [5, 5.41) is 5.24. The SMILES string of the molecule is COc1ccc(P2(=S)CC(c3ccccc3)=NO2)cc1. The highest BCUT2D eigenvalue weighted by atomic mass is 32.4. The monoisotopic (exact) mass is 303 g/mol. The molecule has 2 aromatic rings. The summed E-state index contributed by atoms with van der Waals surface area (Å²) >= 11 is 5.72. The second-order valence-electron chi connectivity index (χ2n) is 4.52. The summed E-state index contributed by atoms with van der Waals surface area (Å²) < 4.78 is 10.8. The van der Waals surface area contributed by atoms with E-state index in [0.717, 1.165) is 22.3 Å². The van der Waals surface area contributed by atoms with E-state index in [1.165, 1.54) is 0 Å². The molecule has 1 unspecified atom stereocenters. The van der Waals surface area contributed by atoms with Gasteiger partial charge in [-0.1, -0.05) is 35.5 Å². The van der Waals surface area contributed by atoms with E-state index in [2.05, 4.69) is 5.16 Å². The fraction of sp³-hybridized carbons (Fsp3) is 0.133. The molecule has 0 spiro atoms. The zero-order valence-corrected chi connectivity index (χ0v) is 12.7. The van der Waals surface area contributed by atoms with E-state index in [1.807, 2.05) is 54.6 Å². The Kier molecular flexibility index (Phi) is 3.60. The molecule has 0 N–H and O–H groups in total. The number of nitrogens with zero attached hydrogens (tertiary/aromatic N) is 1. The van der Waals surface area contributed by atoms with Crippen LogP contribution in [-0.4, -0.2) is 19.0 Å². The Labute approximate surface area is 123 Å². The molecule has 20 heavy (non-hydrogen) atoms. The van der Waals surface area contributed by atoms with Crippen molar-refractivity contribution in [3.05, 3.63) is 60.2 Å². The lowest BCUT2D eigenvalue weighted by Crippen LogP contribution is -2.09. The number of rotatable bonds is 3. The lowest BCUT2D eigenvalue weighted by atomic mass is 10.1. The topological polar surface area (TPSA) is 30.8 Å². The van der Waals surface area contributed by atoms with Crippen LogP contribution in [0.25, 0.3) is 0 Å². The van der Waals surface area contributed by atoms with Gasteiger partial charge < -0.3 is 9.36 Å². The molecule has 0 saturated heterocycles. The summed E-state index contributed by atoms with van der Waals surface area (Å²) in [5.41, 5.74) is 2.01. The standard InChI is InChI=1S/C15H14NO2PS/c1-17-13-7-9-14(10-8-13)19(20)11-15(16-18-19)12-5-3-2-4-6-12/h2-10H,11H2,1H3. The first-order valence-electron chi connectivity index (χ1n) is 6.26. The van der Waals surface area contributed by atoms with Crippen molar-refractivity contribution in [1.82, 2.24) is 0 Å². The number of benzene rings is 2. The molecule has 0 fully saturated rings. The number of oxime groups is 1. The van der Waals surface area contributed by atoms with Gasteiger partial charge in [0.1, 0.15) is 5.75 Å². The fourth-order valence-electron chi connectivity index (χ4n) is 2.09. The molecule has 1 aliphatic rings. The average molecular weight is 303 g/mol. The summed E-state index contributed by atoms with van der Waals surface area (Å²) in [6.07, 6.45) is -1.41. The maximum Gasteiger partial charge on any atom is 0.179 e. The van der Waals surface area contributed by atoms with Crippen molar-refractivity contribution in [3.63, 3.8) is 0 Å². The fourth-order valence-corrected chi connectivity index (χ4v) is 4.73. The van der Waals surface area contributed by atoms with Crippen LogP contribution in [0.3, 0.4) is 0 Å². The van der Waals surface area contributed by atoms with Gasteiger partial charge >= 0.3 is 0 Å². The molecule has 1 aliphatic heterocycles. The van der Waals surface area contributed by atoms with Gasteiger partial charge in [-0.2, -0.15) is 0 Å². The molecule has 3 rings (SSSR count). The van der Waals surface area contributed by atoms with Crippen LogP contribution in [0.5, 0.6) is 5.75 Å². The van der Waals surface area contributed by atoms with Gasteiger partial charge in [0.05, 0.1) is 19.0 Å². The molecule has 0 aromatic heterocycles. The Bertz CT molecular complexity index is 683. The van der Waals surface area contributed by atoms with Crippen LogP contribution >= 0.6 is 6.26 Å². The maximum absolute atomic E-state index is 5.72. The molecule has 102 valence electrons. The quantitative estimate of drug-likeness (QED) is 0.816. The van der Waals surface area contributed by atoms with Gasteiger partial charge in [0.25, 0.3) is 0 Å². The van der Waals surface area contributed by atoms with Crippen LogP contribution in [0.4, 0.5) is 0 Å². The number of ether oxygens (including phenoxy) is 1. The van der Waals surface area contributed by atoms with Crippen LogP contribution in [0, 0.1) is 0 Å². The minimum Gasteiger partial charge on any atom is -0.497 e. The Morgan fingerprint density at radius 2 is 1.80 bits per heavy atom. The van der Waals surface area contributed by atoms with Crippen LogP contribution in [0.1, 0.15) is 5.56 Å². The predicted octanol–water partition coefficient (Wildman–Crippen LogP) is 3.15. The molecule has 0 saturated carbocycles. The van der Waals surface area contributed by atoms with Crippen molar-refractivity contribution in [1.29, 1.82) is 0 Å². The zero-order chi connectivity index (χ0) is 14.0. The lowest BCUT2D eigenvalue weighted by Gasteiger charge is -2.13. The minimum atomic E-state index is -2.10. The van der Waals surface area contributed by atoms with Crippen molar-refractivity contribution in [2.75, 3.05) is 13.3 Å². The lowest BCUT2D eigenvalue weighted by molar-refractivity contribution is 0.397. The Balaban J connectivity index is 1.84. The van der Waals surface area contributed by atoms with E-state index < -0.39 is 6.26 Å². The van der Waals surface area contributed by atoms with Crippen LogP contribution in [0.15, 0.2) is 59.8 Å². The number of methoxy groups -OCH3 is 1. The number of hydrogen-bond donors (Lipinski definition) is 0. The molecule has 0 bridgehead atoms. The third kappa shape index (κ3) is 2.49. The van der Waals surface area contributed by atoms with Crippen LogP contribution < -0.4 is 10.0 Å². The van der Waals surface area contributed by atoms with Gasteiger partial charge in [-0.25, -0.2) is 0 Å². The first-order valence-corrected chi connectivity index (χ1v) is 9.16. The third-order valence-electron chi connectivity index (χ3n) is 3.21. The van der Waals surface area contributed by atoms with Gasteiger partial charge in [-0.05, 0) is 41.6 Å². The van der Waals surface area contributed by atoms with Gasteiger partial charge in [0.15, 0.2) is 6.26 Å². The first kappa shape index (κ1) is 13.3. The largest absolute Gasteiger partial charge is 0.497 e. The van der Waals surface area contributed by atoms with E-state index in [0.29, 0.717) is 6.16 Å². The Morgan fingerprint density at radius 3 is 2.45 bits per heavy atom. The van der Waals surface area contributed by atoms with E-state index in [9.17, 15) is 0 Å². The van der Waals surface area contributed by atoms with Crippen molar-refractivity contribution in [2.45, 2.75) is 0 Å². The average Bonchev–Trinajstić information content (AvgIpc) is 2.92. The van der Waals surface area contributed by atoms with Crippen molar-refractivity contribution >= 4 is 29.1 Å². The molecular formula is C15H14NO2PS. The first-order chi connectivity index (χ1) is 9.71. The maximum atomic E-state index is 5.72. The zero-order valence-electron chi connectivity index (χ0n) is 11.0. The summed E-state index contributed by atoms with van der Waals surface area (Å²) in [5.74, 6) is 0.818. The highest BCUT2D eigenvalue weighted by Crippen LogP contribution is 2.50. The van der Waals surface area contributed by atoms with Gasteiger partial charge in [0, 0.05) is 5.30 Å². The van der Waals surface area contributed by atoms with E-state index >= 15 is 0 Å². The Morgan fingerprint density at radius 1 is 1.10 bits per heavy atom. The summed E-state index contributed by atoms with van der Waals surface area (Å²) in [7, 11) is 1.65. The van der Waals surface area contributed by atoms with Gasteiger partial charge in [0.2, 0.25) is 0 Å². The van der Waals surface area contributed by atoms with Crippen LogP contribution in [0.2, 0.25) is 0 Å². The second kappa shape index (κ2) is 5.39. The summed E-state index contributed by atoms with van der Waals surface area (Å²) in [6.45, 7) is 0. The molecule has 0 radical (unpaired) electrons. The molecule has 2 aromatic carbocycles. The molecule has 1 atom stereocenters. The highest BCUT2D eigenvalue weighted by Gasteiger charge is 2.31. The molecule has 0 amide bonds. The Hall–Kier alpha value is -1.64. The van der Waals surface area contributed by atoms with Crippen molar-refractivity contribution in [2.24, 2.45) is 5.16 Å². The summed E-state index contributed by atoms with van der Waals surface area (Å²) in [6, 6.07) is 17.8. The predicted molar refractivity (Wildman–Crippen MR) is 85.8 cm³/mol. The normalized spacial score (nSPS) is 21.1. The van der Waals surface area contributed by atoms with Crippen molar-refractivity contribution in [3.8, 4) is 5.75 Å². The van der Waals surface area contributed by atoms with Crippen molar-refractivity contribution < 1.29 is 9.36 Å². The highest BCUT2D eigenvalue weighted by molar-refractivity contribution is 8.16. The molecule has 0 aliphatic carbocycles.